The van der Waals surface area contributed by atoms with Crippen molar-refractivity contribution in [3.05, 3.63) is 63.4 Å². The number of hydrogen-bond acceptors (Lipinski definition) is 5. The van der Waals surface area contributed by atoms with Gasteiger partial charge >= 0.3 is 0 Å². The van der Waals surface area contributed by atoms with Crippen molar-refractivity contribution in [3.63, 3.8) is 0 Å². The maximum absolute atomic E-state index is 11.0. The van der Waals surface area contributed by atoms with Crippen LogP contribution in [0.2, 0.25) is 5.15 Å². The molecule has 140 valence electrons. The minimum absolute atomic E-state index is 0.250. The van der Waals surface area contributed by atoms with Crippen LogP contribution in [0, 0.1) is 10.1 Å². The number of nitrogens with zero attached hydrogens (tertiary/aromatic N) is 6. The van der Waals surface area contributed by atoms with Crippen molar-refractivity contribution in [2.45, 2.75) is 11.4 Å². The van der Waals surface area contributed by atoms with Crippen LogP contribution in [0.3, 0.4) is 0 Å². The molecule has 0 saturated carbocycles. The summed E-state index contributed by atoms with van der Waals surface area (Å²) in [6, 6.07) is 11.3. The van der Waals surface area contributed by atoms with E-state index in [2.05, 4.69) is 15.1 Å². The van der Waals surface area contributed by atoms with Crippen molar-refractivity contribution in [2.75, 3.05) is 19.3 Å². The summed E-state index contributed by atoms with van der Waals surface area (Å²) in [6.45, 7) is 1.59. The molecule has 27 heavy (non-hydrogen) atoms. The van der Waals surface area contributed by atoms with Gasteiger partial charge in [0.1, 0.15) is 10.3 Å². The monoisotopic (exact) mass is 404 g/mol. The zero-order valence-electron chi connectivity index (χ0n) is 14.5. The molecule has 0 bridgehead atoms. The molecule has 0 amide bonds. The van der Waals surface area contributed by atoms with Crippen LogP contribution in [0.15, 0.2) is 57.6 Å². The number of halogens is 1. The van der Waals surface area contributed by atoms with Gasteiger partial charge in [-0.05, 0) is 30.0 Å². The van der Waals surface area contributed by atoms with Gasteiger partial charge in [0.25, 0.3) is 5.96 Å². The average Bonchev–Trinajstić information content (AvgIpc) is 3.03. The number of nitro groups is 1. The number of aromatic nitrogens is 1. The lowest BCUT2D eigenvalue weighted by Gasteiger charge is -2.18. The highest BCUT2D eigenvalue weighted by molar-refractivity contribution is 7.98. The molecule has 0 N–H and O–H groups in total. The molecule has 0 atom stereocenters. The lowest BCUT2D eigenvalue weighted by Crippen LogP contribution is -2.33. The first-order valence-corrected chi connectivity index (χ1v) is 9.69. The Kier molecular flexibility index (Phi) is 6.25. The van der Waals surface area contributed by atoms with Gasteiger partial charge in [-0.1, -0.05) is 29.8 Å². The third-order valence-corrected chi connectivity index (χ3v) is 4.91. The number of guanidine groups is 1. The van der Waals surface area contributed by atoms with Gasteiger partial charge in [0.15, 0.2) is 5.03 Å². The Bertz CT molecular complexity index is 874. The largest absolute Gasteiger partial charge is 0.331 e. The van der Waals surface area contributed by atoms with Crippen molar-refractivity contribution < 1.29 is 5.03 Å². The van der Waals surface area contributed by atoms with Crippen molar-refractivity contribution in [1.82, 2.24) is 14.8 Å². The number of aliphatic imine (C=N–C) groups is 1. The Morgan fingerprint density at radius 1 is 1.33 bits per heavy atom. The molecule has 2 aromatic rings. The fraction of sp³-hybridized carbons (Fsp3) is 0.235. The van der Waals surface area contributed by atoms with Crippen molar-refractivity contribution in [1.29, 1.82) is 0 Å². The quantitative estimate of drug-likeness (QED) is 0.183. The Morgan fingerprint density at radius 3 is 2.85 bits per heavy atom. The second kappa shape index (κ2) is 8.83. The molecule has 1 saturated heterocycles. The summed E-state index contributed by atoms with van der Waals surface area (Å²) >= 11 is 7.40. The number of hydrogen-bond donors (Lipinski definition) is 0. The molecule has 3 rings (SSSR count). The second-order valence-electron chi connectivity index (χ2n) is 5.66. The van der Waals surface area contributed by atoms with Gasteiger partial charge < -0.3 is 4.90 Å². The van der Waals surface area contributed by atoms with Crippen LogP contribution in [-0.4, -0.2) is 51.5 Å². The lowest BCUT2D eigenvalue weighted by atomic mass is 10.3. The minimum atomic E-state index is -0.690. The maximum atomic E-state index is 11.0. The molecule has 1 fully saturated rings. The van der Waals surface area contributed by atoms with E-state index in [9.17, 15) is 10.1 Å². The predicted octanol–water partition coefficient (Wildman–Crippen LogP) is 3.48. The first kappa shape index (κ1) is 19.1. The van der Waals surface area contributed by atoms with E-state index in [1.54, 1.807) is 35.3 Å². The Labute approximate surface area is 165 Å². The summed E-state index contributed by atoms with van der Waals surface area (Å²) in [5.74, 6) is 0.250. The van der Waals surface area contributed by atoms with Crippen LogP contribution in [-0.2, 0) is 6.54 Å². The molecule has 0 radical (unpaired) electrons. The zero-order chi connectivity index (χ0) is 19.2. The first-order valence-electron chi connectivity index (χ1n) is 8.09. The molecular weight excluding hydrogens is 388 g/mol. The van der Waals surface area contributed by atoms with Crippen LogP contribution >= 0.6 is 23.4 Å². The number of hydrazone groups is 1. The number of para-hydroxylation sites is 1. The topological polar surface area (TPSA) is 87.2 Å². The molecule has 0 spiro atoms. The van der Waals surface area contributed by atoms with Gasteiger partial charge in [-0.2, -0.15) is 0 Å². The summed E-state index contributed by atoms with van der Waals surface area (Å²) in [7, 11) is 0. The minimum Gasteiger partial charge on any atom is -0.331 e. The highest BCUT2D eigenvalue weighted by atomic mass is 35.5. The van der Waals surface area contributed by atoms with E-state index < -0.39 is 5.03 Å². The molecular formula is C17H17ClN6O2S. The first-order chi connectivity index (χ1) is 13.1. The Hall–Kier alpha value is -2.65. The van der Waals surface area contributed by atoms with E-state index in [0.29, 0.717) is 24.8 Å². The molecule has 0 unspecified atom stereocenters. The van der Waals surface area contributed by atoms with Gasteiger partial charge in [0, 0.05) is 30.7 Å². The highest BCUT2D eigenvalue weighted by Crippen LogP contribution is 2.27. The number of thioether (sulfide) groups is 1. The van der Waals surface area contributed by atoms with Gasteiger partial charge in [-0.3, -0.25) is 4.90 Å². The summed E-state index contributed by atoms with van der Waals surface area (Å²) in [5.41, 5.74) is 1.70. The standard InChI is InChI=1S/C17H17ClN6O2S/c1-27-15-5-3-2-4-14(15)20-12-23-9-8-22(17(23)21-24(25)26)11-13-6-7-16(18)19-10-13/h2-7,10,12H,8-9,11H2,1H3. The summed E-state index contributed by atoms with van der Waals surface area (Å²) < 4.78 is 0. The Balaban J connectivity index is 1.80. The molecule has 0 aliphatic carbocycles. The highest BCUT2D eigenvalue weighted by Gasteiger charge is 2.29. The van der Waals surface area contributed by atoms with Crippen LogP contribution in [0.1, 0.15) is 5.56 Å². The second-order valence-corrected chi connectivity index (χ2v) is 6.89. The molecule has 1 aliphatic heterocycles. The number of rotatable bonds is 6. The average molecular weight is 405 g/mol. The summed E-state index contributed by atoms with van der Waals surface area (Å²) in [4.78, 5) is 24.1. The van der Waals surface area contributed by atoms with Crippen molar-refractivity contribution in [2.24, 2.45) is 10.1 Å². The van der Waals surface area contributed by atoms with Crippen LogP contribution in [0.25, 0.3) is 0 Å². The third kappa shape index (κ3) is 4.95. The molecule has 1 aromatic heterocycles. The van der Waals surface area contributed by atoms with E-state index in [1.807, 2.05) is 41.5 Å². The van der Waals surface area contributed by atoms with Gasteiger partial charge in [0.2, 0.25) is 0 Å². The third-order valence-electron chi connectivity index (χ3n) is 3.91. The van der Waals surface area contributed by atoms with E-state index >= 15 is 0 Å². The van der Waals surface area contributed by atoms with E-state index in [4.69, 9.17) is 11.6 Å². The van der Waals surface area contributed by atoms with Crippen molar-refractivity contribution >= 4 is 41.3 Å². The van der Waals surface area contributed by atoms with E-state index in [0.717, 1.165) is 16.1 Å². The zero-order valence-corrected chi connectivity index (χ0v) is 16.1. The van der Waals surface area contributed by atoms with Crippen LogP contribution in [0.4, 0.5) is 5.69 Å². The van der Waals surface area contributed by atoms with Crippen LogP contribution in [0.5, 0.6) is 0 Å². The fourth-order valence-corrected chi connectivity index (χ4v) is 3.31. The van der Waals surface area contributed by atoms with Gasteiger partial charge in [0.05, 0.1) is 12.0 Å². The Morgan fingerprint density at radius 2 is 2.15 bits per heavy atom. The molecule has 1 aromatic carbocycles. The SMILES string of the molecule is CSc1ccccc1N=CN1CCN(Cc2ccc(Cl)nc2)C1=N[N+](=O)[O-]. The van der Waals surface area contributed by atoms with E-state index in [-0.39, 0.29) is 5.96 Å². The lowest BCUT2D eigenvalue weighted by molar-refractivity contribution is -0.486. The molecule has 8 nitrogen and oxygen atoms in total. The number of pyridine rings is 1. The smallest absolute Gasteiger partial charge is 0.279 e. The fourth-order valence-electron chi connectivity index (χ4n) is 2.65. The van der Waals surface area contributed by atoms with Gasteiger partial charge in [-0.25, -0.2) is 20.1 Å². The normalized spacial score (nSPS) is 15.9. The number of benzene rings is 1. The molecule has 10 heteroatoms. The van der Waals surface area contributed by atoms with Crippen LogP contribution < -0.4 is 0 Å². The molecule has 1 aliphatic rings. The van der Waals surface area contributed by atoms with E-state index in [1.165, 1.54) is 0 Å². The summed E-state index contributed by atoms with van der Waals surface area (Å²) in [6.07, 6.45) is 5.22. The van der Waals surface area contributed by atoms with Gasteiger partial charge in [-0.15, -0.1) is 11.8 Å². The summed E-state index contributed by atoms with van der Waals surface area (Å²) in [5, 5.41) is 14.3. The predicted molar refractivity (Wildman–Crippen MR) is 107 cm³/mol. The maximum Gasteiger partial charge on any atom is 0.279 e. The molecule has 2 heterocycles. The van der Waals surface area contributed by atoms with Crippen molar-refractivity contribution in [3.8, 4) is 0 Å².